The summed E-state index contributed by atoms with van der Waals surface area (Å²) < 4.78 is 5.48. The Hall–Kier alpha value is -3.29. The molecule has 0 bridgehead atoms. The number of aromatic nitrogens is 2. The van der Waals surface area contributed by atoms with Gasteiger partial charge < -0.3 is 19.5 Å². The first kappa shape index (κ1) is 22.2. The van der Waals surface area contributed by atoms with Crippen molar-refractivity contribution in [3.05, 3.63) is 76.0 Å². The molecule has 35 heavy (non-hydrogen) atoms. The molecule has 2 amide bonds. The van der Waals surface area contributed by atoms with Gasteiger partial charge >= 0.3 is 6.09 Å². The van der Waals surface area contributed by atoms with Crippen molar-refractivity contribution in [1.82, 2.24) is 19.8 Å². The molecule has 0 spiro atoms. The molecule has 4 aromatic rings. The number of hydrogen-bond donors (Lipinski definition) is 1. The van der Waals surface area contributed by atoms with Crippen LogP contribution in [0, 0.1) is 11.8 Å². The molecule has 2 saturated heterocycles. The van der Waals surface area contributed by atoms with Crippen molar-refractivity contribution in [2.75, 3.05) is 26.2 Å². The predicted octanol–water partition coefficient (Wildman–Crippen LogP) is 5.36. The smallest absolute Gasteiger partial charge is 0.410 e. The van der Waals surface area contributed by atoms with Gasteiger partial charge in [-0.25, -0.2) is 9.78 Å². The van der Waals surface area contributed by atoms with Crippen LogP contribution in [-0.2, 0) is 11.3 Å². The molecule has 6 rings (SSSR count). The van der Waals surface area contributed by atoms with E-state index in [0.717, 1.165) is 27.4 Å². The number of ether oxygens (including phenoxy) is 1. The molecule has 2 atom stereocenters. The second kappa shape index (κ2) is 8.73. The summed E-state index contributed by atoms with van der Waals surface area (Å²) in [6.07, 6.45) is 1.37. The second-order valence-electron chi connectivity index (χ2n) is 9.25. The van der Waals surface area contributed by atoms with Crippen molar-refractivity contribution in [3.63, 3.8) is 0 Å². The van der Waals surface area contributed by atoms with Gasteiger partial charge in [0.05, 0.1) is 11.7 Å². The Morgan fingerprint density at radius 1 is 0.914 bits per heavy atom. The van der Waals surface area contributed by atoms with E-state index in [1.165, 1.54) is 0 Å². The van der Waals surface area contributed by atoms with Gasteiger partial charge in [0.1, 0.15) is 12.3 Å². The number of halogens is 2. The predicted molar refractivity (Wildman–Crippen MR) is 135 cm³/mol. The summed E-state index contributed by atoms with van der Waals surface area (Å²) in [5.74, 6) is 0.381. The standard InChI is InChI=1S/C26H22Cl2N4O3/c27-18-5-15(6-19(28)7-18)14-35-26(34)32-12-16-10-31(11-17(16)13-32)25(33)23-8-21-20-3-1-2-4-22(20)30-24(21)9-29-23/h1-9,16-17,30H,10-14H2/t16-,17+. The fourth-order valence-corrected chi connectivity index (χ4v) is 5.84. The lowest BCUT2D eigenvalue weighted by Crippen LogP contribution is -2.36. The molecule has 0 unspecified atom stereocenters. The van der Waals surface area contributed by atoms with Crippen molar-refractivity contribution >= 4 is 57.0 Å². The highest BCUT2D eigenvalue weighted by molar-refractivity contribution is 6.34. The Labute approximate surface area is 211 Å². The molecule has 7 nitrogen and oxygen atoms in total. The molecule has 0 aliphatic carbocycles. The van der Waals surface area contributed by atoms with E-state index < -0.39 is 0 Å². The highest BCUT2D eigenvalue weighted by Gasteiger charge is 2.43. The number of nitrogens with zero attached hydrogens (tertiary/aromatic N) is 3. The minimum atomic E-state index is -0.361. The number of fused-ring (bicyclic) bond motifs is 4. The van der Waals surface area contributed by atoms with Gasteiger partial charge in [0, 0.05) is 64.3 Å². The highest BCUT2D eigenvalue weighted by Crippen LogP contribution is 2.33. The Kier molecular flexibility index (Phi) is 5.54. The Bertz CT molecular complexity index is 1440. The fraction of sp³-hybridized carbons (Fsp3) is 0.269. The largest absolute Gasteiger partial charge is 0.445 e. The van der Waals surface area contributed by atoms with Gasteiger partial charge in [0.2, 0.25) is 0 Å². The number of aromatic amines is 1. The van der Waals surface area contributed by atoms with E-state index in [1.807, 2.05) is 35.2 Å². The van der Waals surface area contributed by atoms with Gasteiger partial charge in [0.15, 0.2) is 0 Å². The molecule has 9 heteroatoms. The average Bonchev–Trinajstić information content (AvgIpc) is 3.52. The minimum Gasteiger partial charge on any atom is -0.445 e. The van der Waals surface area contributed by atoms with Crippen molar-refractivity contribution < 1.29 is 14.3 Å². The maximum Gasteiger partial charge on any atom is 0.410 e. The zero-order valence-corrected chi connectivity index (χ0v) is 20.2. The number of nitrogens with one attached hydrogen (secondary N) is 1. The molecule has 2 aliphatic heterocycles. The van der Waals surface area contributed by atoms with Gasteiger partial charge in [-0.1, -0.05) is 41.4 Å². The third-order valence-corrected chi connectivity index (χ3v) is 7.36. The van der Waals surface area contributed by atoms with Crippen LogP contribution < -0.4 is 0 Å². The average molecular weight is 509 g/mol. The molecule has 2 aromatic heterocycles. The summed E-state index contributed by atoms with van der Waals surface area (Å²) in [7, 11) is 0. The number of H-pyrrole nitrogens is 1. The van der Waals surface area contributed by atoms with Gasteiger partial charge in [-0.05, 0) is 35.9 Å². The number of pyridine rings is 1. The van der Waals surface area contributed by atoms with Crippen LogP contribution in [-0.4, -0.2) is 57.9 Å². The molecule has 0 saturated carbocycles. The first-order valence-electron chi connectivity index (χ1n) is 11.5. The summed E-state index contributed by atoms with van der Waals surface area (Å²) in [6, 6.07) is 15.0. The van der Waals surface area contributed by atoms with E-state index >= 15 is 0 Å². The van der Waals surface area contributed by atoms with Crippen molar-refractivity contribution in [2.45, 2.75) is 6.61 Å². The number of amides is 2. The highest BCUT2D eigenvalue weighted by atomic mass is 35.5. The number of rotatable bonds is 3. The maximum absolute atomic E-state index is 13.2. The van der Waals surface area contributed by atoms with E-state index in [0.29, 0.717) is 41.9 Å². The van der Waals surface area contributed by atoms with Gasteiger partial charge in [-0.15, -0.1) is 0 Å². The molecule has 4 heterocycles. The molecule has 2 fully saturated rings. The number of hydrogen-bond acceptors (Lipinski definition) is 4. The van der Waals surface area contributed by atoms with Crippen LogP contribution in [0.15, 0.2) is 54.7 Å². The Morgan fingerprint density at radius 3 is 2.34 bits per heavy atom. The lowest BCUT2D eigenvalue weighted by molar-refractivity contribution is 0.0759. The van der Waals surface area contributed by atoms with E-state index in [9.17, 15) is 9.59 Å². The molecule has 1 N–H and O–H groups in total. The Morgan fingerprint density at radius 2 is 1.60 bits per heavy atom. The zero-order chi connectivity index (χ0) is 24.1. The third kappa shape index (κ3) is 4.19. The van der Waals surface area contributed by atoms with E-state index in [-0.39, 0.29) is 30.4 Å². The normalized spacial score (nSPS) is 19.5. The first-order chi connectivity index (χ1) is 16.9. The van der Waals surface area contributed by atoms with Gasteiger partial charge in [-0.3, -0.25) is 4.79 Å². The van der Waals surface area contributed by atoms with Crippen LogP contribution in [0.25, 0.3) is 21.8 Å². The van der Waals surface area contributed by atoms with Crippen molar-refractivity contribution in [1.29, 1.82) is 0 Å². The number of carbonyl (C=O) groups excluding carboxylic acids is 2. The van der Waals surface area contributed by atoms with E-state index in [4.69, 9.17) is 27.9 Å². The summed E-state index contributed by atoms with van der Waals surface area (Å²) in [5, 5.41) is 3.07. The van der Waals surface area contributed by atoms with Crippen LogP contribution in [0.2, 0.25) is 10.0 Å². The summed E-state index contributed by atoms with van der Waals surface area (Å²) in [6.45, 7) is 2.45. The molecular weight excluding hydrogens is 487 g/mol. The van der Waals surface area contributed by atoms with Crippen LogP contribution in [0.3, 0.4) is 0 Å². The lowest BCUT2D eigenvalue weighted by atomic mass is 10.0. The molecule has 2 aromatic carbocycles. The molecule has 178 valence electrons. The topological polar surface area (TPSA) is 78.5 Å². The lowest BCUT2D eigenvalue weighted by Gasteiger charge is -2.21. The van der Waals surface area contributed by atoms with Crippen LogP contribution >= 0.6 is 23.2 Å². The third-order valence-electron chi connectivity index (χ3n) is 6.93. The van der Waals surface area contributed by atoms with E-state index in [2.05, 4.69) is 9.97 Å². The number of likely N-dealkylation sites (tertiary alicyclic amines) is 2. The Balaban J connectivity index is 1.09. The van der Waals surface area contributed by atoms with Crippen LogP contribution in [0.5, 0.6) is 0 Å². The van der Waals surface area contributed by atoms with Crippen LogP contribution in [0.1, 0.15) is 16.1 Å². The van der Waals surface area contributed by atoms with Gasteiger partial charge in [-0.2, -0.15) is 0 Å². The molecule has 0 radical (unpaired) electrons. The van der Waals surface area contributed by atoms with Crippen molar-refractivity contribution in [3.8, 4) is 0 Å². The quantitative estimate of drug-likeness (QED) is 0.403. The first-order valence-corrected chi connectivity index (χ1v) is 12.2. The number of benzene rings is 2. The molecular formula is C26H22Cl2N4O3. The second-order valence-corrected chi connectivity index (χ2v) is 10.1. The summed E-state index contributed by atoms with van der Waals surface area (Å²) in [4.78, 5) is 37.2. The fourth-order valence-electron chi connectivity index (χ4n) is 5.27. The van der Waals surface area contributed by atoms with Crippen LogP contribution in [0.4, 0.5) is 4.79 Å². The van der Waals surface area contributed by atoms with E-state index in [1.54, 1.807) is 29.3 Å². The molecule has 2 aliphatic rings. The number of para-hydroxylation sites is 1. The SMILES string of the molecule is O=C(OCc1cc(Cl)cc(Cl)c1)N1C[C@@H]2CN(C(=O)c3cc4c(cn3)[nH]c3ccccc34)C[C@@H]2C1. The summed E-state index contributed by atoms with van der Waals surface area (Å²) in [5.41, 5.74) is 3.12. The van der Waals surface area contributed by atoms with Gasteiger partial charge in [0.25, 0.3) is 5.91 Å². The van der Waals surface area contributed by atoms with Crippen molar-refractivity contribution in [2.24, 2.45) is 11.8 Å². The zero-order valence-electron chi connectivity index (χ0n) is 18.7. The number of carbonyl (C=O) groups is 2. The maximum atomic E-state index is 13.2. The summed E-state index contributed by atoms with van der Waals surface area (Å²) >= 11 is 12.0. The minimum absolute atomic E-state index is 0.0708. The monoisotopic (exact) mass is 508 g/mol.